The van der Waals surface area contributed by atoms with E-state index in [4.69, 9.17) is 9.47 Å². The SMILES string of the molecule is COCCCN1C(=O)C(O)=C(C(=O)c2sc(C)nc2C)C1c1ccc(OC(C)=O)cc1. The number of benzene rings is 1. The first-order chi connectivity index (χ1) is 14.7. The van der Waals surface area contributed by atoms with Gasteiger partial charge in [-0.15, -0.1) is 11.3 Å². The van der Waals surface area contributed by atoms with Crippen molar-refractivity contribution in [1.82, 2.24) is 9.88 Å². The van der Waals surface area contributed by atoms with Gasteiger partial charge in [0, 0.05) is 27.2 Å². The van der Waals surface area contributed by atoms with Gasteiger partial charge in [0.2, 0.25) is 5.78 Å². The molecule has 0 radical (unpaired) electrons. The number of hydrogen-bond donors (Lipinski definition) is 1. The summed E-state index contributed by atoms with van der Waals surface area (Å²) < 4.78 is 10.2. The fourth-order valence-electron chi connectivity index (χ4n) is 3.59. The molecule has 1 aromatic heterocycles. The molecule has 1 aliphatic heterocycles. The van der Waals surface area contributed by atoms with Crippen molar-refractivity contribution >= 4 is 29.0 Å². The molecule has 0 aliphatic carbocycles. The van der Waals surface area contributed by atoms with Gasteiger partial charge in [-0.05, 0) is 38.0 Å². The second kappa shape index (κ2) is 9.40. The first-order valence-corrected chi connectivity index (χ1v) is 10.6. The minimum atomic E-state index is -0.773. The number of aromatic nitrogens is 1. The number of hydrogen-bond acceptors (Lipinski definition) is 8. The highest BCUT2D eigenvalue weighted by Crippen LogP contribution is 2.40. The molecule has 8 nitrogen and oxygen atoms in total. The number of thiazole rings is 1. The number of esters is 1. The van der Waals surface area contributed by atoms with E-state index in [2.05, 4.69) is 4.98 Å². The molecule has 31 heavy (non-hydrogen) atoms. The monoisotopic (exact) mass is 444 g/mol. The highest BCUT2D eigenvalue weighted by Gasteiger charge is 2.44. The predicted molar refractivity (Wildman–Crippen MR) is 114 cm³/mol. The third-order valence-electron chi connectivity index (χ3n) is 4.86. The van der Waals surface area contributed by atoms with E-state index in [-0.39, 0.29) is 5.57 Å². The van der Waals surface area contributed by atoms with Crippen LogP contribution in [0.15, 0.2) is 35.6 Å². The highest BCUT2D eigenvalue weighted by atomic mass is 32.1. The Morgan fingerprint density at radius 1 is 1.23 bits per heavy atom. The maximum atomic E-state index is 13.4. The summed E-state index contributed by atoms with van der Waals surface area (Å²) in [5, 5.41) is 11.4. The van der Waals surface area contributed by atoms with Crippen molar-refractivity contribution in [3.05, 3.63) is 56.7 Å². The lowest BCUT2D eigenvalue weighted by molar-refractivity contribution is -0.132. The van der Waals surface area contributed by atoms with Crippen LogP contribution in [0.25, 0.3) is 0 Å². The number of carbonyl (C=O) groups is 3. The van der Waals surface area contributed by atoms with Crippen LogP contribution in [0.1, 0.15) is 45.3 Å². The van der Waals surface area contributed by atoms with Crippen molar-refractivity contribution in [2.75, 3.05) is 20.3 Å². The number of ketones is 1. The number of aryl methyl sites for hydroxylation is 2. The summed E-state index contributed by atoms with van der Waals surface area (Å²) in [6, 6.07) is 5.76. The number of nitrogens with zero attached hydrogens (tertiary/aromatic N) is 2. The van der Waals surface area contributed by atoms with Gasteiger partial charge in [0.25, 0.3) is 5.91 Å². The Balaban J connectivity index is 2.03. The molecule has 1 amide bonds. The van der Waals surface area contributed by atoms with Crippen LogP contribution in [-0.2, 0) is 14.3 Å². The number of Topliss-reactive ketones (excluding diaryl/α,β-unsaturated/α-hetero) is 1. The van der Waals surface area contributed by atoms with Crippen LogP contribution < -0.4 is 4.74 Å². The van der Waals surface area contributed by atoms with Gasteiger partial charge in [0.05, 0.1) is 27.2 Å². The number of rotatable bonds is 8. The molecule has 2 aromatic rings. The lowest BCUT2D eigenvalue weighted by atomic mass is 9.95. The van der Waals surface area contributed by atoms with Crippen LogP contribution in [0.4, 0.5) is 0 Å². The van der Waals surface area contributed by atoms with Crippen LogP contribution in [0.5, 0.6) is 5.75 Å². The standard InChI is InChI=1S/C22H24N2O6S/c1-12-21(31-13(2)23-12)19(26)17-18(15-6-8-16(9-7-15)30-14(3)25)24(10-5-11-29-4)22(28)20(17)27/h6-9,18,27H,5,10-11H2,1-4H3. The molecule has 1 aliphatic rings. The zero-order chi connectivity index (χ0) is 22.7. The molecule has 0 saturated carbocycles. The number of aliphatic hydroxyl groups excluding tert-OH is 1. The topological polar surface area (TPSA) is 106 Å². The van der Waals surface area contributed by atoms with E-state index in [9.17, 15) is 19.5 Å². The maximum absolute atomic E-state index is 13.4. The second-order valence-corrected chi connectivity index (χ2v) is 8.35. The molecule has 2 heterocycles. The van der Waals surface area contributed by atoms with Crippen molar-refractivity contribution in [3.63, 3.8) is 0 Å². The Labute approximate surface area is 184 Å². The molecule has 1 aromatic carbocycles. The average Bonchev–Trinajstić information content (AvgIpc) is 3.18. The molecule has 3 rings (SSSR count). The van der Waals surface area contributed by atoms with E-state index < -0.39 is 29.5 Å². The van der Waals surface area contributed by atoms with Crippen molar-refractivity contribution in [2.24, 2.45) is 0 Å². The van der Waals surface area contributed by atoms with Crippen molar-refractivity contribution < 1.29 is 29.0 Å². The van der Waals surface area contributed by atoms with Gasteiger partial charge in [0.1, 0.15) is 5.75 Å². The van der Waals surface area contributed by atoms with Gasteiger partial charge in [-0.25, -0.2) is 4.98 Å². The quantitative estimate of drug-likeness (QED) is 0.288. The minimum Gasteiger partial charge on any atom is -0.503 e. The smallest absolute Gasteiger partial charge is 0.308 e. The Bertz CT molecular complexity index is 1040. The zero-order valence-corrected chi connectivity index (χ0v) is 18.6. The van der Waals surface area contributed by atoms with Crippen molar-refractivity contribution in [2.45, 2.75) is 33.2 Å². The van der Waals surface area contributed by atoms with E-state index in [0.29, 0.717) is 41.5 Å². The largest absolute Gasteiger partial charge is 0.503 e. The van der Waals surface area contributed by atoms with E-state index in [1.165, 1.54) is 23.2 Å². The maximum Gasteiger partial charge on any atom is 0.308 e. The first-order valence-electron chi connectivity index (χ1n) is 9.74. The first kappa shape index (κ1) is 22.6. The van der Waals surface area contributed by atoms with Gasteiger partial charge >= 0.3 is 5.97 Å². The Morgan fingerprint density at radius 3 is 2.45 bits per heavy atom. The Morgan fingerprint density at radius 2 is 1.90 bits per heavy atom. The third-order valence-corrected chi connectivity index (χ3v) is 5.93. The van der Waals surface area contributed by atoms with E-state index in [1.807, 2.05) is 0 Å². The molecule has 0 bridgehead atoms. The minimum absolute atomic E-state index is 0.0226. The molecule has 0 fully saturated rings. The Kier molecular flexibility index (Phi) is 6.87. The highest BCUT2D eigenvalue weighted by molar-refractivity contribution is 7.14. The van der Waals surface area contributed by atoms with Gasteiger partial charge in [-0.3, -0.25) is 14.4 Å². The number of methoxy groups -OCH3 is 1. The van der Waals surface area contributed by atoms with Crippen LogP contribution in [-0.4, -0.2) is 52.9 Å². The number of ether oxygens (including phenoxy) is 2. The van der Waals surface area contributed by atoms with Gasteiger partial charge < -0.3 is 19.5 Å². The molecule has 164 valence electrons. The number of aliphatic hydroxyl groups is 1. The molecular formula is C22H24N2O6S. The molecule has 1 unspecified atom stereocenters. The van der Waals surface area contributed by atoms with Gasteiger partial charge in [-0.1, -0.05) is 12.1 Å². The lowest BCUT2D eigenvalue weighted by Crippen LogP contribution is -2.32. The van der Waals surface area contributed by atoms with Gasteiger partial charge in [0.15, 0.2) is 5.76 Å². The fraction of sp³-hybridized carbons (Fsp3) is 0.364. The second-order valence-electron chi connectivity index (χ2n) is 7.15. The molecular weight excluding hydrogens is 420 g/mol. The summed E-state index contributed by atoms with van der Waals surface area (Å²) in [5.41, 5.74) is 1.20. The van der Waals surface area contributed by atoms with Crippen molar-refractivity contribution in [3.8, 4) is 5.75 Å². The van der Waals surface area contributed by atoms with Crippen LogP contribution in [0, 0.1) is 13.8 Å². The summed E-state index contributed by atoms with van der Waals surface area (Å²) in [6.45, 7) is 5.55. The summed E-state index contributed by atoms with van der Waals surface area (Å²) in [6.07, 6.45) is 0.539. The molecule has 1 atom stereocenters. The van der Waals surface area contributed by atoms with Crippen LogP contribution in [0.2, 0.25) is 0 Å². The van der Waals surface area contributed by atoms with Crippen molar-refractivity contribution in [1.29, 1.82) is 0 Å². The lowest BCUT2D eigenvalue weighted by Gasteiger charge is -2.26. The predicted octanol–water partition coefficient (Wildman–Crippen LogP) is 3.30. The summed E-state index contributed by atoms with van der Waals surface area (Å²) in [4.78, 5) is 43.6. The summed E-state index contributed by atoms with van der Waals surface area (Å²) in [5.74, 6) is -1.68. The normalized spacial score (nSPS) is 16.2. The third kappa shape index (κ3) is 4.67. The molecule has 1 N–H and O–H groups in total. The fourth-order valence-corrected chi connectivity index (χ4v) is 4.46. The number of carbonyl (C=O) groups excluding carboxylic acids is 3. The summed E-state index contributed by atoms with van der Waals surface area (Å²) in [7, 11) is 1.57. The van der Waals surface area contributed by atoms with E-state index in [1.54, 1.807) is 45.2 Å². The van der Waals surface area contributed by atoms with E-state index in [0.717, 1.165) is 5.01 Å². The summed E-state index contributed by atoms with van der Waals surface area (Å²) >= 11 is 1.23. The van der Waals surface area contributed by atoms with Crippen LogP contribution >= 0.6 is 11.3 Å². The molecule has 0 saturated heterocycles. The Hall–Kier alpha value is -3.04. The molecule has 0 spiro atoms. The molecule has 9 heteroatoms. The number of amides is 1. The van der Waals surface area contributed by atoms with Crippen LogP contribution in [0.3, 0.4) is 0 Å². The van der Waals surface area contributed by atoms with E-state index >= 15 is 0 Å². The average molecular weight is 445 g/mol. The zero-order valence-electron chi connectivity index (χ0n) is 17.8. The van der Waals surface area contributed by atoms with Gasteiger partial charge in [-0.2, -0.15) is 0 Å².